The normalized spacial score (nSPS) is 10.7. The van der Waals surface area contributed by atoms with Crippen molar-refractivity contribution in [3.05, 3.63) is 28.0 Å². The molecular formula is C8H5BrClF2NO2. The first-order valence-corrected chi connectivity index (χ1v) is 5.23. The SMILES string of the molecule is O=C(O)c1ncc(CBr)c(Cl)c1C(F)F. The van der Waals surface area contributed by atoms with Gasteiger partial charge in [-0.15, -0.1) is 0 Å². The molecule has 1 aromatic rings. The largest absolute Gasteiger partial charge is 0.476 e. The zero-order valence-corrected chi connectivity index (χ0v) is 9.52. The van der Waals surface area contributed by atoms with Gasteiger partial charge in [-0.05, 0) is 0 Å². The van der Waals surface area contributed by atoms with E-state index in [1.807, 2.05) is 0 Å². The second kappa shape index (κ2) is 4.85. The van der Waals surface area contributed by atoms with Crippen molar-refractivity contribution >= 4 is 33.5 Å². The lowest BCUT2D eigenvalue weighted by Crippen LogP contribution is -2.08. The number of hydrogen-bond donors (Lipinski definition) is 1. The van der Waals surface area contributed by atoms with Crippen LogP contribution in [0.4, 0.5) is 8.78 Å². The molecule has 0 fully saturated rings. The zero-order valence-electron chi connectivity index (χ0n) is 7.18. The van der Waals surface area contributed by atoms with E-state index >= 15 is 0 Å². The first-order chi connectivity index (χ1) is 6.99. The highest BCUT2D eigenvalue weighted by molar-refractivity contribution is 9.08. The van der Waals surface area contributed by atoms with Crippen LogP contribution in [0.2, 0.25) is 5.02 Å². The monoisotopic (exact) mass is 299 g/mol. The van der Waals surface area contributed by atoms with Gasteiger partial charge in [0.25, 0.3) is 6.43 Å². The molecule has 0 saturated heterocycles. The number of rotatable bonds is 3. The standard InChI is InChI=1S/C8H5BrClF2NO2/c9-1-3-2-13-6(8(14)15)4(5(3)10)7(11)12/h2,7H,1H2,(H,14,15). The zero-order chi connectivity index (χ0) is 11.6. The van der Waals surface area contributed by atoms with Gasteiger partial charge < -0.3 is 5.11 Å². The minimum atomic E-state index is -2.96. The number of nitrogens with zero attached hydrogens (tertiary/aromatic N) is 1. The Morgan fingerprint density at radius 1 is 1.67 bits per heavy atom. The minimum absolute atomic E-state index is 0.235. The molecule has 0 radical (unpaired) electrons. The molecule has 1 aromatic heterocycles. The summed E-state index contributed by atoms with van der Waals surface area (Å²) in [6.45, 7) is 0. The first-order valence-electron chi connectivity index (χ1n) is 3.73. The predicted octanol–water partition coefficient (Wildman–Crippen LogP) is 3.27. The van der Waals surface area contributed by atoms with Crippen LogP contribution in [0.1, 0.15) is 28.0 Å². The molecule has 0 amide bonds. The van der Waals surface area contributed by atoms with Crippen LogP contribution in [0.3, 0.4) is 0 Å². The van der Waals surface area contributed by atoms with Crippen LogP contribution in [-0.2, 0) is 5.33 Å². The number of hydrogen-bond acceptors (Lipinski definition) is 2. The predicted molar refractivity (Wildman–Crippen MR) is 53.8 cm³/mol. The van der Waals surface area contributed by atoms with Crippen molar-refractivity contribution in [3.63, 3.8) is 0 Å². The van der Waals surface area contributed by atoms with Crippen LogP contribution in [0, 0.1) is 0 Å². The summed E-state index contributed by atoms with van der Waals surface area (Å²) in [7, 11) is 0. The Labute approximate surface area is 97.2 Å². The summed E-state index contributed by atoms with van der Waals surface area (Å²) in [5.74, 6) is -1.52. The van der Waals surface area contributed by atoms with Gasteiger partial charge >= 0.3 is 5.97 Å². The van der Waals surface area contributed by atoms with Gasteiger partial charge in [0.05, 0.1) is 10.6 Å². The summed E-state index contributed by atoms with van der Waals surface area (Å²) in [5, 5.41) is 8.62. The van der Waals surface area contributed by atoms with Gasteiger partial charge in [-0.1, -0.05) is 27.5 Å². The van der Waals surface area contributed by atoms with Gasteiger partial charge in [-0.2, -0.15) is 0 Å². The summed E-state index contributed by atoms with van der Waals surface area (Å²) >= 11 is 8.68. The fourth-order valence-electron chi connectivity index (χ4n) is 1.01. The van der Waals surface area contributed by atoms with Crippen LogP contribution in [0.25, 0.3) is 0 Å². The molecule has 0 aliphatic carbocycles. The molecule has 0 bridgehead atoms. The molecule has 1 N–H and O–H groups in total. The summed E-state index contributed by atoms with van der Waals surface area (Å²) < 4.78 is 25.1. The average Bonchev–Trinajstić information content (AvgIpc) is 2.16. The topological polar surface area (TPSA) is 50.2 Å². The van der Waals surface area contributed by atoms with E-state index in [4.69, 9.17) is 16.7 Å². The van der Waals surface area contributed by atoms with Crippen molar-refractivity contribution in [2.75, 3.05) is 0 Å². The van der Waals surface area contributed by atoms with Crippen LogP contribution < -0.4 is 0 Å². The number of alkyl halides is 3. The maximum absolute atomic E-state index is 12.6. The summed E-state index contributed by atoms with van der Waals surface area (Å²) in [6, 6.07) is 0. The summed E-state index contributed by atoms with van der Waals surface area (Å²) in [6.07, 6.45) is -1.80. The molecule has 1 rings (SSSR count). The van der Waals surface area contributed by atoms with E-state index in [1.54, 1.807) is 0 Å². The number of pyridine rings is 1. The van der Waals surface area contributed by atoms with Crippen molar-refractivity contribution in [2.45, 2.75) is 11.8 Å². The van der Waals surface area contributed by atoms with Crippen molar-refractivity contribution in [2.24, 2.45) is 0 Å². The minimum Gasteiger partial charge on any atom is -0.476 e. The van der Waals surface area contributed by atoms with Gasteiger partial charge in [0.1, 0.15) is 0 Å². The van der Waals surface area contributed by atoms with Crippen molar-refractivity contribution in [1.29, 1.82) is 0 Å². The Hall–Kier alpha value is -0.750. The maximum Gasteiger partial charge on any atom is 0.355 e. The van der Waals surface area contributed by atoms with E-state index in [0.717, 1.165) is 6.20 Å². The van der Waals surface area contributed by atoms with E-state index in [1.165, 1.54) is 0 Å². The molecule has 0 aromatic carbocycles. The smallest absolute Gasteiger partial charge is 0.355 e. The van der Waals surface area contributed by atoms with Crippen molar-refractivity contribution < 1.29 is 18.7 Å². The third-order valence-corrected chi connectivity index (χ3v) is 2.74. The molecule has 7 heteroatoms. The Balaban J connectivity index is 3.44. The Bertz CT molecular complexity index is 400. The number of aromatic carboxylic acids is 1. The highest BCUT2D eigenvalue weighted by Gasteiger charge is 2.24. The highest BCUT2D eigenvalue weighted by Crippen LogP contribution is 2.32. The van der Waals surface area contributed by atoms with E-state index < -0.39 is 23.7 Å². The molecule has 0 spiro atoms. The lowest BCUT2D eigenvalue weighted by molar-refractivity contribution is 0.0677. The van der Waals surface area contributed by atoms with Crippen molar-refractivity contribution in [3.8, 4) is 0 Å². The van der Waals surface area contributed by atoms with Gasteiger partial charge in [0.15, 0.2) is 5.69 Å². The number of carbonyl (C=O) groups is 1. The third kappa shape index (κ3) is 2.43. The fraction of sp³-hybridized carbons (Fsp3) is 0.250. The molecule has 15 heavy (non-hydrogen) atoms. The molecule has 0 saturated carbocycles. The summed E-state index contributed by atoms with van der Waals surface area (Å²) in [4.78, 5) is 14.0. The number of aromatic nitrogens is 1. The second-order valence-corrected chi connectivity index (χ2v) is 3.54. The van der Waals surface area contributed by atoms with E-state index in [9.17, 15) is 13.6 Å². The molecule has 0 aliphatic rings. The molecule has 0 aliphatic heterocycles. The second-order valence-electron chi connectivity index (χ2n) is 2.60. The molecule has 0 atom stereocenters. The van der Waals surface area contributed by atoms with Gasteiger partial charge in [-0.3, -0.25) is 0 Å². The van der Waals surface area contributed by atoms with Gasteiger partial charge in [-0.25, -0.2) is 18.6 Å². The lowest BCUT2D eigenvalue weighted by Gasteiger charge is -2.09. The van der Waals surface area contributed by atoms with Crippen molar-refractivity contribution in [1.82, 2.24) is 4.98 Å². The molecular weight excluding hydrogens is 295 g/mol. The Morgan fingerprint density at radius 2 is 2.27 bits per heavy atom. The first kappa shape index (κ1) is 12.3. The van der Waals surface area contributed by atoms with Gasteiger partial charge in [0.2, 0.25) is 0 Å². The van der Waals surface area contributed by atoms with E-state index in [0.29, 0.717) is 5.56 Å². The molecule has 1 heterocycles. The van der Waals surface area contributed by atoms with Crippen LogP contribution in [0.15, 0.2) is 6.20 Å². The maximum atomic E-state index is 12.6. The molecule has 82 valence electrons. The number of carboxylic acids is 1. The Kier molecular flexibility index (Phi) is 3.98. The van der Waals surface area contributed by atoms with Crippen LogP contribution in [-0.4, -0.2) is 16.1 Å². The number of halogens is 4. The molecule has 3 nitrogen and oxygen atoms in total. The van der Waals surface area contributed by atoms with Gasteiger partial charge in [0, 0.05) is 17.1 Å². The van der Waals surface area contributed by atoms with E-state index in [2.05, 4.69) is 20.9 Å². The fourth-order valence-corrected chi connectivity index (χ4v) is 1.88. The third-order valence-electron chi connectivity index (χ3n) is 1.69. The summed E-state index contributed by atoms with van der Waals surface area (Å²) in [5.41, 5.74) is -1.11. The quantitative estimate of drug-likeness (QED) is 0.872. The Morgan fingerprint density at radius 3 is 2.67 bits per heavy atom. The lowest BCUT2D eigenvalue weighted by atomic mass is 10.1. The van der Waals surface area contributed by atoms with E-state index in [-0.39, 0.29) is 10.4 Å². The van der Waals surface area contributed by atoms with Crippen LogP contribution >= 0.6 is 27.5 Å². The van der Waals surface area contributed by atoms with Crippen LogP contribution in [0.5, 0.6) is 0 Å². The average molecular weight is 300 g/mol. The number of carboxylic acid groups (broad SMARTS) is 1. The molecule has 0 unspecified atom stereocenters. The highest BCUT2D eigenvalue weighted by atomic mass is 79.9.